The van der Waals surface area contributed by atoms with Crippen molar-refractivity contribution in [2.45, 2.75) is 33.6 Å². The van der Waals surface area contributed by atoms with Crippen LogP contribution in [0.5, 0.6) is 0 Å². The molecule has 0 aliphatic carbocycles. The maximum atomic E-state index is 4.74. The first-order chi connectivity index (χ1) is 10.2. The van der Waals surface area contributed by atoms with Crippen LogP contribution in [0, 0.1) is 11.8 Å². The summed E-state index contributed by atoms with van der Waals surface area (Å²) in [6.07, 6.45) is 2.46. The first-order valence-electron chi connectivity index (χ1n) is 8.17. The molecule has 2 saturated heterocycles. The number of rotatable bonds is 4. The van der Waals surface area contributed by atoms with Crippen LogP contribution in [0.2, 0.25) is 0 Å². The van der Waals surface area contributed by atoms with Crippen LogP contribution in [0.3, 0.4) is 0 Å². The fourth-order valence-electron chi connectivity index (χ4n) is 3.08. The highest BCUT2D eigenvalue weighted by atomic mass is 15.4. The third-order valence-electron chi connectivity index (χ3n) is 4.61. The van der Waals surface area contributed by atoms with Gasteiger partial charge < -0.3 is 15.1 Å². The molecule has 0 aromatic carbocycles. The van der Waals surface area contributed by atoms with Crippen LogP contribution in [0.25, 0.3) is 0 Å². The van der Waals surface area contributed by atoms with Gasteiger partial charge in [-0.25, -0.2) is 0 Å². The molecule has 6 nitrogen and oxygen atoms in total. The summed E-state index contributed by atoms with van der Waals surface area (Å²) in [4.78, 5) is 18.5. The Morgan fingerprint density at radius 1 is 0.952 bits per heavy atom. The van der Waals surface area contributed by atoms with Gasteiger partial charge in [-0.2, -0.15) is 15.0 Å². The van der Waals surface area contributed by atoms with E-state index < -0.39 is 0 Å². The van der Waals surface area contributed by atoms with Crippen LogP contribution >= 0.6 is 0 Å². The van der Waals surface area contributed by atoms with Crippen molar-refractivity contribution in [3.8, 4) is 0 Å². The molecule has 2 aliphatic rings. The number of hydrogen-bond acceptors (Lipinski definition) is 6. The molecule has 2 fully saturated rings. The van der Waals surface area contributed by atoms with Gasteiger partial charge in [-0.15, -0.1) is 0 Å². The van der Waals surface area contributed by atoms with Crippen molar-refractivity contribution in [1.29, 1.82) is 0 Å². The molecule has 2 atom stereocenters. The van der Waals surface area contributed by atoms with E-state index in [0.717, 1.165) is 44.6 Å². The van der Waals surface area contributed by atoms with Gasteiger partial charge in [0.05, 0.1) is 0 Å². The minimum Gasteiger partial charge on any atom is -0.354 e. The fourth-order valence-corrected chi connectivity index (χ4v) is 3.08. The van der Waals surface area contributed by atoms with E-state index in [-0.39, 0.29) is 0 Å². The smallest absolute Gasteiger partial charge is 0.231 e. The maximum absolute atomic E-state index is 4.74. The molecular weight excluding hydrogens is 264 g/mol. The van der Waals surface area contributed by atoms with Crippen molar-refractivity contribution in [1.82, 2.24) is 15.0 Å². The van der Waals surface area contributed by atoms with E-state index in [4.69, 9.17) is 4.98 Å². The van der Waals surface area contributed by atoms with Gasteiger partial charge in [-0.3, -0.25) is 0 Å². The van der Waals surface area contributed by atoms with Gasteiger partial charge in [0.1, 0.15) is 0 Å². The minimum absolute atomic E-state index is 0.694. The molecule has 0 radical (unpaired) electrons. The topological polar surface area (TPSA) is 57.2 Å². The van der Waals surface area contributed by atoms with E-state index in [0.29, 0.717) is 17.8 Å². The van der Waals surface area contributed by atoms with Crippen molar-refractivity contribution < 1.29 is 0 Å². The largest absolute Gasteiger partial charge is 0.354 e. The molecular formula is C15H26N6. The van der Waals surface area contributed by atoms with Crippen LogP contribution < -0.4 is 15.1 Å². The highest BCUT2D eigenvalue weighted by Gasteiger charge is 2.29. The average Bonchev–Trinajstić information content (AvgIpc) is 3.10. The molecule has 3 rings (SSSR count). The van der Waals surface area contributed by atoms with E-state index in [1.165, 1.54) is 12.8 Å². The molecule has 2 aliphatic heterocycles. The Bertz CT molecular complexity index is 475. The highest BCUT2D eigenvalue weighted by Crippen LogP contribution is 2.27. The quantitative estimate of drug-likeness (QED) is 0.915. The number of nitrogens with zero attached hydrogens (tertiary/aromatic N) is 5. The Kier molecular flexibility index (Phi) is 4.12. The lowest BCUT2D eigenvalue weighted by Crippen LogP contribution is -2.26. The summed E-state index contributed by atoms with van der Waals surface area (Å²) in [5, 5.41) is 3.24. The lowest BCUT2D eigenvalue weighted by molar-refractivity contribution is 0.494. The van der Waals surface area contributed by atoms with E-state index >= 15 is 0 Å². The van der Waals surface area contributed by atoms with E-state index in [1.54, 1.807) is 0 Å². The van der Waals surface area contributed by atoms with Crippen LogP contribution in [-0.4, -0.2) is 47.7 Å². The molecule has 21 heavy (non-hydrogen) atoms. The Morgan fingerprint density at radius 2 is 1.52 bits per heavy atom. The standard InChI is InChI=1S/C15H26N6/c1-4-16-13-17-14(20-7-5-6-8-20)19-15(18-13)21-9-11(2)12(3)10-21/h11-12H,4-10H2,1-3H3,(H,16,17,18,19). The van der Waals surface area contributed by atoms with Gasteiger partial charge >= 0.3 is 0 Å². The molecule has 1 N–H and O–H groups in total. The molecule has 116 valence electrons. The predicted molar refractivity (Wildman–Crippen MR) is 86.0 cm³/mol. The zero-order chi connectivity index (χ0) is 14.8. The van der Waals surface area contributed by atoms with E-state index in [1.807, 2.05) is 0 Å². The predicted octanol–water partition coefficient (Wildman–Crippen LogP) is 2.00. The van der Waals surface area contributed by atoms with Gasteiger partial charge in [0.15, 0.2) is 0 Å². The summed E-state index contributed by atoms with van der Waals surface area (Å²) in [7, 11) is 0. The molecule has 6 heteroatoms. The van der Waals surface area contributed by atoms with Gasteiger partial charge in [0.2, 0.25) is 17.8 Å². The Morgan fingerprint density at radius 3 is 2.10 bits per heavy atom. The summed E-state index contributed by atoms with van der Waals surface area (Å²) >= 11 is 0. The van der Waals surface area contributed by atoms with Crippen molar-refractivity contribution in [3.63, 3.8) is 0 Å². The van der Waals surface area contributed by atoms with Crippen LogP contribution in [0.4, 0.5) is 17.8 Å². The third kappa shape index (κ3) is 3.04. The molecule has 2 unspecified atom stereocenters. The number of hydrogen-bond donors (Lipinski definition) is 1. The number of nitrogens with one attached hydrogen (secondary N) is 1. The second kappa shape index (κ2) is 6.03. The first kappa shape index (κ1) is 14.4. The molecule has 0 amide bonds. The fraction of sp³-hybridized carbons (Fsp3) is 0.800. The van der Waals surface area contributed by atoms with Gasteiger partial charge in [-0.1, -0.05) is 13.8 Å². The average molecular weight is 290 g/mol. The van der Waals surface area contributed by atoms with Gasteiger partial charge in [0, 0.05) is 32.7 Å². The summed E-state index contributed by atoms with van der Waals surface area (Å²) in [5.74, 6) is 3.76. The van der Waals surface area contributed by atoms with E-state index in [9.17, 15) is 0 Å². The lowest BCUT2D eigenvalue weighted by atomic mass is 10.0. The molecule has 0 bridgehead atoms. The normalized spacial score (nSPS) is 25.7. The van der Waals surface area contributed by atoms with Crippen LogP contribution in [-0.2, 0) is 0 Å². The molecule has 1 aromatic rings. The Balaban J connectivity index is 1.87. The van der Waals surface area contributed by atoms with Crippen molar-refractivity contribution in [3.05, 3.63) is 0 Å². The third-order valence-corrected chi connectivity index (χ3v) is 4.61. The summed E-state index contributed by atoms with van der Waals surface area (Å²) in [5.41, 5.74) is 0. The molecule has 1 aromatic heterocycles. The SMILES string of the molecule is CCNc1nc(N2CCCC2)nc(N2CC(C)C(C)C2)n1. The molecule has 0 saturated carbocycles. The summed E-state index contributed by atoms with van der Waals surface area (Å²) in [6, 6.07) is 0. The Hall–Kier alpha value is -1.59. The number of aromatic nitrogens is 3. The van der Waals surface area contributed by atoms with Crippen molar-refractivity contribution in [2.75, 3.05) is 47.8 Å². The summed E-state index contributed by atoms with van der Waals surface area (Å²) in [6.45, 7) is 11.7. The lowest BCUT2D eigenvalue weighted by Gasteiger charge is -2.21. The van der Waals surface area contributed by atoms with Crippen molar-refractivity contribution in [2.24, 2.45) is 11.8 Å². The second-order valence-electron chi connectivity index (χ2n) is 6.34. The van der Waals surface area contributed by atoms with Crippen LogP contribution in [0.15, 0.2) is 0 Å². The molecule has 3 heterocycles. The van der Waals surface area contributed by atoms with Gasteiger partial charge in [0.25, 0.3) is 0 Å². The number of anilines is 3. The van der Waals surface area contributed by atoms with Gasteiger partial charge in [-0.05, 0) is 31.6 Å². The zero-order valence-corrected chi connectivity index (χ0v) is 13.3. The zero-order valence-electron chi connectivity index (χ0n) is 13.3. The Labute approximate surface area is 127 Å². The monoisotopic (exact) mass is 290 g/mol. The molecule has 0 spiro atoms. The minimum atomic E-state index is 0.694. The highest BCUT2D eigenvalue weighted by molar-refractivity contribution is 5.46. The second-order valence-corrected chi connectivity index (χ2v) is 6.34. The summed E-state index contributed by atoms with van der Waals surface area (Å²) < 4.78 is 0. The van der Waals surface area contributed by atoms with Crippen LogP contribution in [0.1, 0.15) is 33.6 Å². The van der Waals surface area contributed by atoms with E-state index in [2.05, 4.69) is 45.9 Å². The maximum Gasteiger partial charge on any atom is 0.231 e. The first-order valence-corrected chi connectivity index (χ1v) is 8.17. The van der Waals surface area contributed by atoms with Crippen molar-refractivity contribution >= 4 is 17.8 Å².